The van der Waals surface area contributed by atoms with E-state index >= 15 is 0 Å². The van der Waals surface area contributed by atoms with Gasteiger partial charge in [-0.05, 0) is 51.6 Å². The second-order valence-corrected chi connectivity index (χ2v) is 12.1. The Morgan fingerprint density at radius 3 is 2.33 bits per heavy atom. The zero-order valence-electron chi connectivity index (χ0n) is 13.1. The molecule has 1 nitrogen and oxygen atoms in total. The highest BCUT2D eigenvalue weighted by atomic mass is 31.2. The minimum absolute atomic E-state index is 0.606. The van der Waals surface area contributed by atoms with E-state index in [1.165, 1.54) is 32.1 Å². The Bertz CT molecular complexity index is 283. The highest BCUT2D eigenvalue weighted by molar-refractivity contribution is 7.78. The van der Waals surface area contributed by atoms with E-state index in [0.29, 0.717) is 5.41 Å². The molecule has 2 saturated heterocycles. The molecule has 3 atom stereocenters. The van der Waals surface area contributed by atoms with E-state index in [1.54, 1.807) is 12.3 Å². The second-order valence-electron chi connectivity index (χ2n) is 7.60. The second kappa shape index (κ2) is 5.41. The van der Waals surface area contributed by atoms with Crippen LogP contribution in [0.1, 0.15) is 47.5 Å². The minimum Gasteiger partial charge on any atom is -0.317 e. The molecule has 0 saturated carbocycles. The minimum atomic E-state index is -0.606. The first kappa shape index (κ1) is 14.8. The van der Waals surface area contributed by atoms with Gasteiger partial charge in [-0.3, -0.25) is 0 Å². The molecule has 18 heavy (non-hydrogen) atoms. The topological polar surface area (TPSA) is 12.0 Å². The number of hydrogen-bond donors (Lipinski definition) is 1. The summed E-state index contributed by atoms with van der Waals surface area (Å²) in [5, 5.41) is 3.51. The zero-order chi connectivity index (χ0) is 13.4. The average Bonchev–Trinajstić information content (AvgIpc) is 2.38. The highest BCUT2D eigenvalue weighted by Gasteiger charge is 2.62. The summed E-state index contributed by atoms with van der Waals surface area (Å²) in [4.78, 5) is 0. The quantitative estimate of drug-likeness (QED) is 0.759. The van der Waals surface area contributed by atoms with Gasteiger partial charge in [0.25, 0.3) is 0 Å². The molecule has 2 rings (SSSR count). The fraction of sp³-hybridized carbons (Fsp3) is 1.00. The predicted molar refractivity (Wildman–Crippen MR) is 85.2 cm³/mol. The SMILES string of the molecule is CC[P+]1(CC(C)C2CCNCC2)CC(C)(C)C1C. The first-order valence-electron chi connectivity index (χ1n) is 7.98. The van der Waals surface area contributed by atoms with Crippen molar-refractivity contribution in [3.63, 3.8) is 0 Å². The van der Waals surface area contributed by atoms with Crippen molar-refractivity contribution in [3.05, 3.63) is 0 Å². The summed E-state index contributed by atoms with van der Waals surface area (Å²) in [5.41, 5.74) is 1.65. The summed E-state index contributed by atoms with van der Waals surface area (Å²) in [6, 6.07) is 0. The fourth-order valence-corrected chi connectivity index (χ4v) is 10.9. The fourth-order valence-electron chi connectivity index (χ4n) is 4.58. The van der Waals surface area contributed by atoms with Crippen molar-refractivity contribution in [1.29, 1.82) is 0 Å². The van der Waals surface area contributed by atoms with Crippen molar-refractivity contribution in [2.75, 3.05) is 31.6 Å². The third kappa shape index (κ3) is 2.63. The molecule has 3 unspecified atom stereocenters. The van der Waals surface area contributed by atoms with Crippen LogP contribution in [0.15, 0.2) is 0 Å². The van der Waals surface area contributed by atoms with Crippen molar-refractivity contribution >= 4 is 7.26 Å². The van der Waals surface area contributed by atoms with Crippen LogP contribution in [-0.2, 0) is 0 Å². The maximum absolute atomic E-state index is 3.51. The molecule has 0 bridgehead atoms. The van der Waals surface area contributed by atoms with E-state index < -0.39 is 7.26 Å². The Hall–Kier alpha value is 0.390. The lowest BCUT2D eigenvalue weighted by Gasteiger charge is -2.54. The van der Waals surface area contributed by atoms with Crippen molar-refractivity contribution < 1.29 is 0 Å². The lowest BCUT2D eigenvalue weighted by Crippen LogP contribution is -2.49. The molecular weight excluding hydrogens is 237 g/mol. The maximum atomic E-state index is 3.51. The Kier molecular flexibility index (Phi) is 4.44. The first-order chi connectivity index (χ1) is 8.41. The lowest BCUT2D eigenvalue weighted by atomic mass is 9.87. The van der Waals surface area contributed by atoms with Crippen LogP contribution >= 0.6 is 7.26 Å². The lowest BCUT2D eigenvalue weighted by molar-refractivity contribution is 0.287. The van der Waals surface area contributed by atoms with Crippen LogP contribution in [0, 0.1) is 17.3 Å². The third-order valence-electron chi connectivity index (χ3n) is 6.14. The molecule has 0 aliphatic carbocycles. The van der Waals surface area contributed by atoms with Crippen LogP contribution in [0.3, 0.4) is 0 Å². The van der Waals surface area contributed by atoms with Crippen LogP contribution in [0.2, 0.25) is 0 Å². The molecule has 0 aromatic carbocycles. The largest absolute Gasteiger partial charge is 0.317 e. The van der Waals surface area contributed by atoms with Gasteiger partial charge in [0, 0.05) is 12.7 Å². The Labute approximate surface area is 115 Å². The number of hydrogen-bond acceptors (Lipinski definition) is 1. The van der Waals surface area contributed by atoms with Gasteiger partial charge in [-0.1, -0.05) is 20.8 Å². The normalized spacial score (nSPS) is 38.2. The summed E-state index contributed by atoms with van der Waals surface area (Å²) in [5.74, 6) is 1.98. The molecule has 0 spiro atoms. The van der Waals surface area contributed by atoms with Gasteiger partial charge in [-0.2, -0.15) is 0 Å². The summed E-state index contributed by atoms with van der Waals surface area (Å²) in [6.07, 6.45) is 7.48. The van der Waals surface area contributed by atoms with Crippen molar-refractivity contribution in [2.45, 2.75) is 53.1 Å². The van der Waals surface area contributed by atoms with Crippen LogP contribution in [-0.4, -0.2) is 37.2 Å². The van der Waals surface area contributed by atoms with E-state index in [0.717, 1.165) is 17.5 Å². The van der Waals surface area contributed by atoms with Gasteiger partial charge < -0.3 is 5.32 Å². The number of rotatable bonds is 4. The molecule has 2 aliphatic heterocycles. The third-order valence-corrected chi connectivity index (χ3v) is 12.5. The van der Waals surface area contributed by atoms with Crippen molar-refractivity contribution in [3.8, 4) is 0 Å². The van der Waals surface area contributed by atoms with Crippen molar-refractivity contribution in [1.82, 2.24) is 5.32 Å². The molecule has 0 radical (unpaired) electrons. The molecule has 0 aromatic rings. The van der Waals surface area contributed by atoms with Gasteiger partial charge in [-0.15, -0.1) is 0 Å². The number of nitrogens with one attached hydrogen (secondary N) is 1. The zero-order valence-corrected chi connectivity index (χ0v) is 14.0. The smallest absolute Gasteiger partial charge is 0.0755 e. The molecule has 2 fully saturated rings. The van der Waals surface area contributed by atoms with E-state index in [2.05, 4.69) is 39.9 Å². The van der Waals surface area contributed by atoms with Gasteiger partial charge in [0.15, 0.2) is 0 Å². The van der Waals surface area contributed by atoms with Crippen molar-refractivity contribution in [2.24, 2.45) is 17.3 Å². The standard InChI is InChI=1S/C16H33NP/c1-6-18(12-16(4,5)14(18)3)11-13(2)15-7-9-17-10-8-15/h13-15,17H,6-12H2,1-5H3/q+1. The Morgan fingerprint density at radius 1 is 1.28 bits per heavy atom. The molecule has 106 valence electrons. The van der Waals surface area contributed by atoms with Gasteiger partial charge >= 0.3 is 0 Å². The highest BCUT2D eigenvalue weighted by Crippen LogP contribution is 2.78. The average molecular weight is 270 g/mol. The molecule has 2 aliphatic rings. The van der Waals surface area contributed by atoms with Crippen LogP contribution in [0.5, 0.6) is 0 Å². The molecule has 2 heteroatoms. The molecular formula is C16H33NP+. The van der Waals surface area contributed by atoms with Gasteiger partial charge in [0.1, 0.15) is 0 Å². The Morgan fingerprint density at radius 2 is 1.89 bits per heavy atom. The Balaban J connectivity index is 1.94. The molecule has 2 heterocycles. The monoisotopic (exact) mass is 270 g/mol. The summed E-state index contributed by atoms with van der Waals surface area (Å²) in [6.45, 7) is 15.1. The first-order valence-corrected chi connectivity index (χ1v) is 10.4. The van der Waals surface area contributed by atoms with Crippen LogP contribution in [0.4, 0.5) is 0 Å². The van der Waals surface area contributed by atoms with Crippen LogP contribution in [0.25, 0.3) is 0 Å². The van der Waals surface area contributed by atoms with Gasteiger partial charge in [0.05, 0.1) is 24.1 Å². The van der Waals surface area contributed by atoms with E-state index in [1.807, 2.05) is 0 Å². The molecule has 1 N–H and O–H groups in total. The molecule has 0 amide bonds. The number of piperidine rings is 1. The molecule has 0 aromatic heterocycles. The van der Waals surface area contributed by atoms with Gasteiger partial charge in [0.2, 0.25) is 0 Å². The summed E-state index contributed by atoms with van der Waals surface area (Å²) < 4.78 is 0. The van der Waals surface area contributed by atoms with Gasteiger partial charge in [-0.25, -0.2) is 0 Å². The summed E-state index contributed by atoms with van der Waals surface area (Å²) >= 11 is 0. The summed E-state index contributed by atoms with van der Waals surface area (Å²) in [7, 11) is -0.606. The van der Waals surface area contributed by atoms with E-state index in [4.69, 9.17) is 0 Å². The maximum Gasteiger partial charge on any atom is 0.0755 e. The van der Waals surface area contributed by atoms with E-state index in [-0.39, 0.29) is 0 Å². The van der Waals surface area contributed by atoms with Crippen LogP contribution < -0.4 is 5.32 Å². The van der Waals surface area contributed by atoms with E-state index in [9.17, 15) is 0 Å². The predicted octanol–water partition coefficient (Wildman–Crippen LogP) is 4.09.